The van der Waals surface area contributed by atoms with Gasteiger partial charge in [-0.1, -0.05) is 17.2 Å². The number of benzene rings is 1. The molecule has 4 rings (SSSR count). The molecule has 0 bridgehead atoms. The van der Waals surface area contributed by atoms with Gasteiger partial charge in [0.2, 0.25) is 0 Å². The maximum Gasteiger partial charge on any atom is 0.381 e. The number of hydrogen-bond acceptors (Lipinski definition) is 6. The van der Waals surface area contributed by atoms with E-state index in [1.165, 1.54) is 12.1 Å². The van der Waals surface area contributed by atoms with E-state index in [9.17, 15) is 14.4 Å². The van der Waals surface area contributed by atoms with E-state index in [-0.39, 0.29) is 22.9 Å². The Bertz CT molecular complexity index is 863. The highest BCUT2D eigenvalue weighted by Crippen LogP contribution is 2.26. The summed E-state index contributed by atoms with van der Waals surface area (Å²) in [4.78, 5) is 42.5. The Morgan fingerprint density at radius 1 is 1.15 bits per heavy atom. The first kappa shape index (κ1) is 16.5. The number of carbonyl (C=O) groups excluding carboxylic acids is 3. The van der Waals surface area contributed by atoms with Crippen LogP contribution < -0.4 is 0 Å². The van der Waals surface area contributed by atoms with Gasteiger partial charge in [0.15, 0.2) is 0 Å². The summed E-state index contributed by atoms with van der Waals surface area (Å²) in [6, 6.07) is 7.97. The summed E-state index contributed by atoms with van der Waals surface area (Å²) >= 11 is 0. The predicted molar refractivity (Wildman–Crippen MR) is 88.4 cm³/mol. The Balaban J connectivity index is 1.58. The quantitative estimate of drug-likeness (QED) is 0.781. The van der Waals surface area contributed by atoms with Crippen LogP contribution in [0.3, 0.4) is 0 Å². The Hall–Kier alpha value is -3.00. The lowest BCUT2D eigenvalue weighted by Crippen LogP contribution is -2.34. The van der Waals surface area contributed by atoms with E-state index in [0.29, 0.717) is 24.0 Å². The normalized spacial score (nSPS) is 17.5. The number of hydrogen-bond donors (Lipinski definition) is 0. The molecule has 0 atom stereocenters. The molecule has 2 amide bonds. The van der Waals surface area contributed by atoms with E-state index in [1.807, 2.05) is 0 Å². The maximum atomic E-state index is 12.7. The summed E-state index contributed by atoms with van der Waals surface area (Å²) < 4.78 is 6.95. The van der Waals surface area contributed by atoms with Crippen LogP contribution in [-0.4, -0.2) is 45.8 Å². The van der Waals surface area contributed by atoms with Crippen molar-refractivity contribution in [2.24, 2.45) is 0 Å². The molecule has 0 spiro atoms. The molecular weight excluding hydrogens is 338 g/mol. The van der Waals surface area contributed by atoms with Crippen LogP contribution in [0.25, 0.3) is 0 Å². The topological polar surface area (TPSA) is 90.7 Å². The maximum absolute atomic E-state index is 12.7. The number of fused-ring (bicyclic) bond motifs is 1. The molecule has 8 heteroatoms. The summed E-state index contributed by atoms with van der Waals surface area (Å²) in [5.41, 5.74) is 1.32. The molecule has 134 valence electrons. The second-order valence-corrected chi connectivity index (χ2v) is 6.29. The van der Waals surface area contributed by atoms with Crippen LogP contribution in [0.4, 0.5) is 0 Å². The molecule has 1 aromatic heterocycles. The predicted octanol–water partition coefficient (Wildman–Crippen LogP) is 1.91. The van der Waals surface area contributed by atoms with Crippen molar-refractivity contribution < 1.29 is 24.0 Å². The second-order valence-electron chi connectivity index (χ2n) is 6.29. The Morgan fingerprint density at radius 3 is 2.38 bits per heavy atom. The van der Waals surface area contributed by atoms with E-state index in [2.05, 4.69) is 5.10 Å². The molecule has 1 fully saturated rings. The third kappa shape index (κ3) is 2.68. The van der Waals surface area contributed by atoms with Gasteiger partial charge in [-0.2, -0.15) is 5.10 Å². The van der Waals surface area contributed by atoms with Crippen LogP contribution >= 0.6 is 0 Å². The van der Waals surface area contributed by atoms with E-state index < -0.39 is 17.8 Å². The first-order valence-corrected chi connectivity index (χ1v) is 8.40. The first-order valence-electron chi connectivity index (χ1n) is 8.40. The van der Waals surface area contributed by atoms with Crippen molar-refractivity contribution >= 4 is 17.8 Å². The fourth-order valence-electron chi connectivity index (χ4n) is 3.26. The fourth-order valence-corrected chi connectivity index (χ4v) is 3.26. The van der Waals surface area contributed by atoms with Gasteiger partial charge in [0.1, 0.15) is 5.69 Å². The second kappa shape index (κ2) is 6.38. The van der Waals surface area contributed by atoms with Gasteiger partial charge in [0.05, 0.1) is 22.9 Å². The molecule has 0 aliphatic carbocycles. The summed E-state index contributed by atoms with van der Waals surface area (Å²) in [5, 5.41) is 4.90. The van der Waals surface area contributed by atoms with E-state index in [1.54, 1.807) is 29.8 Å². The van der Waals surface area contributed by atoms with Crippen molar-refractivity contribution in [3.05, 3.63) is 52.8 Å². The molecule has 2 aliphatic heterocycles. The lowest BCUT2D eigenvalue weighted by atomic mass is 10.1. The van der Waals surface area contributed by atoms with Gasteiger partial charge < -0.3 is 9.57 Å². The molecule has 0 unspecified atom stereocenters. The van der Waals surface area contributed by atoms with Gasteiger partial charge in [0, 0.05) is 13.2 Å². The van der Waals surface area contributed by atoms with E-state index in [4.69, 9.17) is 9.57 Å². The largest absolute Gasteiger partial charge is 0.381 e. The van der Waals surface area contributed by atoms with Crippen molar-refractivity contribution in [1.82, 2.24) is 14.8 Å². The zero-order valence-electron chi connectivity index (χ0n) is 14.2. The zero-order valence-corrected chi connectivity index (χ0v) is 14.2. The van der Waals surface area contributed by atoms with Crippen LogP contribution in [0.5, 0.6) is 0 Å². The number of rotatable bonds is 3. The van der Waals surface area contributed by atoms with Gasteiger partial charge in [-0.3, -0.25) is 14.3 Å². The Morgan fingerprint density at radius 2 is 1.77 bits per heavy atom. The van der Waals surface area contributed by atoms with Gasteiger partial charge in [0.25, 0.3) is 11.8 Å². The number of aromatic nitrogens is 2. The first-order chi connectivity index (χ1) is 12.6. The van der Waals surface area contributed by atoms with Crippen LogP contribution in [0.1, 0.15) is 55.8 Å². The molecule has 0 saturated carbocycles. The SMILES string of the molecule is Cc1cc(C(=O)ON2C(=O)c3ccccc3C2=O)n(C2CCOCC2)n1. The smallest absolute Gasteiger partial charge is 0.381 e. The summed E-state index contributed by atoms with van der Waals surface area (Å²) in [7, 11) is 0. The number of nitrogens with zero attached hydrogens (tertiary/aromatic N) is 3. The lowest BCUT2D eigenvalue weighted by molar-refractivity contribution is -0.0595. The van der Waals surface area contributed by atoms with Crippen molar-refractivity contribution in [2.45, 2.75) is 25.8 Å². The molecule has 2 aromatic rings. The van der Waals surface area contributed by atoms with Gasteiger partial charge in [-0.25, -0.2) is 4.79 Å². The lowest BCUT2D eigenvalue weighted by Gasteiger charge is -2.24. The van der Waals surface area contributed by atoms with Gasteiger partial charge in [-0.15, -0.1) is 0 Å². The zero-order chi connectivity index (χ0) is 18.3. The third-order valence-electron chi connectivity index (χ3n) is 4.53. The average Bonchev–Trinajstić information content (AvgIpc) is 3.17. The molecule has 0 N–H and O–H groups in total. The van der Waals surface area contributed by atoms with Crippen LogP contribution in [0.2, 0.25) is 0 Å². The standard InChI is InChI=1S/C18H17N3O5/c1-11-10-15(20(19-11)12-6-8-25-9-7-12)18(24)26-21-16(22)13-4-2-3-5-14(13)17(21)23/h2-5,10,12H,6-9H2,1H3. The van der Waals surface area contributed by atoms with Crippen molar-refractivity contribution in [1.29, 1.82) is 0 Å². The minimum atomic E-state index is -0.786. The van der Waals surface area contributed by atoms with Crippen LogP contribution in [-0.2, 0) is 9.57 Å². The molecular formula is C18H17N3O5. The van der Waals surface area contributed by atoms with E-state index >= 15 is 0 Å². The highest BCUT2D eigenvalue weighted by molar-refractivity contribution is 6.21. The van der Waals surface area contributed by atoms with E-state index in [0.717, 1.165) is 12.8 Å². The number of ether oxygens (including phenoxy) is 1. The summed E-state index contributed by atoms with van der Waals surface area (Å²) in [6.45, 7) is 2.96. The summed E-state index contributed by atoms with van der Waals surface area (Å²) in [5.74, 6) is -2.08. The van der Waals surface area contributed by atoms with Gasteiger partial charge >= 0.3 is 5.97 Å². The number of imide groups is 1. The molecule has 0 radical (unpaired) electrons. The molecule has 1 saturated heterocycles. The van der Waals surface area contributed by atoms with Crippen molar-refractivity contribution in [2.75, 3.05) is 13.2 Å². The Kier molecular flexibility index (Phi) is 4.04. The molecule has 2 aliphatic rings. The Labute approximate surface area is 149 Å². The molecule has 8 nitrogen and oxygen atoms in total. The van der Waals surface area contributed by atoms with Crippen LogP contribution in [0, 0.1) is 6.92 Å². The number of aryl methyl sites for hydroxylation is 1. The average molecular weight is 355 g/mol. The molecule has 3 heterocycles. The fraction of sp³-hybridized carbons (Fsp3) is 0.333. The molecule has 1 aromatic carbocycles. The monoisotopic (exact) mass is 355 g/mol. The number of hydroxylamine groups is 2. The summed E-state index contributed by atoms with van der Waals surface area (Å²) in [6.07, 6.45) is 1.46. The highest BCUT2D eigenvalue weighted by atomic mass is 16.7. The number of amides is 2. The van der Waals surface area contributed by atoms with Crippen LogP contribution in [0.15, 0.2) is 30.3 Å². The van der Waals surface area contributed by atoms with Crippen molar-refractivity contribution in [3.63, 3.8) is 0 Å². The minimum Gasteiger partial charge on any atom is -0.381 e. The minimum absolute atomic E-state index is 0.0159. The number of carbonyl (C=O) groups is 3. The third-order valence-corrected chi connectivity index (χ3v) is 4.53. The molecule has 26 heavy (non-hydrogen) atoms. The highest BCUT2D eigenvalue weighted by Gasteiger charge is 2.39. The van der Waals surface area contributed by atoms with Gasteiger partial charge in [-0.05, 0) is 38.0 Å². The van der Waals surface area contributed by atoms with Crippen molar-refractivity contribution in [3.8, 4) is 0 Å².